The number of ether oxygens (including phenoxy) is 1. The summed E-state index contributed by atoms with van der Waals surface area (Å²) in [6.07, 6.45) is 3.38. The fraction of sp³-hybridized carbons (Fsp3) is 0.389. The zero-order chi connectivity index (χ0) is 15.8. The van der Waals surface area contributed by atoms with E-state index >= 15 is 0 Å². The van der Waals surface area contributed by atoms with Crippen molar-refractivity contribution in [3.05, 3.63) is 57.7 Å². The molecule has 4 nitrogen and oxygen atoms in total. The quantitative estimate of drug-likeness (QED) is 0.735. The molecule has 1 aliphatic rings. The summed E-state index contributed by atoms with van der Waals surface area (Å²) in [7, 11) is 2.14. The minimum absolute atomic E-state index is 0.189. The van der Waals surface area contributed by atoms with Crippen LogP contribution in [0.1, 0.15) is 27.9 Å². The molecule has 4 rings (SSSR count). The Hall–Kier alpha value is -1.69. The van der Waals surface area contributed by atoms with Crippen LogP contribution in [-0.4, -0.2) is 34.5 Å². The molecular formula is C18H21N3OS. The van der Waals surface area contributed by atoms with Crippen LogP contribution in [0.4, 0.5) is 0 Å². The standard InChI is InChI=1S/C18H21N3OS/c1-13-4-3-5-18-19-14(11-21(13)18)10-20(2)12-16-15-7-9-23-17(15)6-8-22-16/h3-5,7,9,11,16H,6,8,10,12H2,1-2H3. The largest absolute Gasteiger partial charge is 0.372 e. The van der Waals surface area contributed by atoms with Gasteiger partial charge in [0.2, 0.25) is 0 Å². The van der Waals surface area contributed by atoms with E-state index in [2.05, 4.69) is 59.1 Å². The molecule has 0 amide bonds. The molecule has 0 bridgehead atoms. The van der Waals surface area contributed by atoms with E-state index in [1.54, 1.807) is 0 Å². The molecule has 0 saturated heterocycles. The SMILES string of the molecule is Cc1cccc2nc(CN(C)CC3OCCc4sccc43)cn12. The summed E-state index contributed by atoms with van der Waals surface area (Å²) in [6, 6.07) is 8.43. The maximum atomic E-state index is 5.99. The number of aryl methyl sites for hydroxylation is 1. The molecule has 1 unspecified atom stereocenters. The average Bonchev–Trinajstić information content (AvgIpc) is 3.14. The number of pyridine rings is 1. The zero-order valence-corrected chi connectivity index (χ0v) is 14.3. The van der Waals surface area contributed by atoms with Gasteiger partial charge in [-0.3, -0.25) is 4.90 Å². The van der Waals surface area contributed by atoms with Gasteiger partial charge in [-0.2, -0.15) is 0 Å². The summed E-state index contributed by atoms with van der Waals surface area (Å²) < 4.78 is 8.14. The van der Waals surface area contributed by atoms with Crippen LogP contribution in [0.15, 0.2) is 35.8 Å². The first kappa shape index (κ1) is 14.9. The first-order valence-corrected chi connectivity index (χ1v) is 8.88. The van der Waals surface area contributed by atoms with Crippen molar-refractivity contribution in [2.45, 2.75) is 26.0 Å². The maximum Gasteiger partial charge on any atom is 0.137 e. The van der Waals surface area contributed by atoms with E-state index in [4.69, 9.17) is 9.72 Å². The van der Waals surface area contributed by atoms with Crippen molar-refractivity contribution in [1.82, 2.24) is 14.3 Å². The number of aromatic nitrogens is 2. The van der Waals surface area contributed by atoms with Crippen molar-refractivity contribution in [3.63, 3.8) is 0 Å². The van der Waals surface area contributed by atoms with Crippen LogP contribution in [0.2, 0.25) is 0 Å². The number of rotatable bonds is 4. The van der Waals surface area contributed by atoms with Crippen LogP contribution < -0.4 is 0 Å². The number of likely N-dealkylation sites (N-methyl/N-ethyl adjacent to an activating group) is 1. The molecule has 4 heterocycles. The van der Waals surface area contributed by atoms with Gasteiger partial charge in [0.15, 0.2) is 0 Å². The molecule has 0 aromatic carbocycles. The van der Waals surface area contributed by atoms with Gasteiger partial charge < -0.3 is 9.14 Å². The van der Waals surface area contributed by atoms with Gasteiger partial charge in [0.1, 0.15) is 5.65 Å². The normalized spacial score (nSPS) is 17.8. The van der Waals surface area contributed by atoms with Crippen LogP contribution in [0, 0.1) is 6.92 Å². The number of fused-ring (bicyclic) bond motifs is 2. The summed E-state index contributed by atoms with van der Waals surface area (Å²) in [5.74, 6) is 0. The highest BCUT2D eigenvalue weighted by Crippen LogP contribution is 2.31. The maximum absolute atomic E-state index is 5.99. The molecule has 0 N–H and O–H groups in total. The van der Waals surface area contributed by atoms with Gasteiger partial charge in [-0.25, -0.2) is 4.98 Å². The first-order chi connectivity index (χ1) is 11.2. The van der Waals surface area contributed by atoms with Gasteiger partial charge in [-0.15, -0.1) is 11.3 Å². The number of thiophene rings is 1. The van der Waals surface area contributed by atoms with Crippen LogP contribution in [0.3, 0.4) is 0 Å². The van der Waals surface area contributed by atoms with E-state index in [1.807, 2.05) is 11.3 Å². The van der Waals surface area contributed by atoms with E-state index in [1.165, 1.54) is 16.1 Å². The van der Waals surface area contributed by atoms with Gasteiger partial charge in [0.05, 0.1) is 18.4 Å². The zero-order valence-electron chi connectivity index (χ0n) is 13.5. The highest BCUT2D eigenvalue weighted by molar-refractivity contribution is 7.10. The average molecular weight is 327 g/mol. The lowest BCUT2D eigenvalue weighted by atomic mass is 10.1. The number of imidazole rings is 1. The third-order valence-corrected chi connectivity index (χ3v) is 5.43. The van der Waals surface area contributed by atoms with E-state index in [0.717, 1.165) is 37.5 Å². The van der Waals surface area contributed by atoms with Crippen molar-refractivity contribution in [2.24, 2.45) is 0 Å². The third kappa shape index (κ3) is 2.92. The van der Waals surface area contributed by atoms with Crippen LogP contribution >= 0.6 is 11.3 Å². The molecular weight excluding hydrogens is 306 g/mol. The highest BCUT2D eigenvalue weighted by Gasteiger charge is 2.23. The second-order valence-corrected chi connectivity index (χ2v) is 7.23. The highest BCUT2D eigenvalue weighted by atomic mass is 32.1. The Kier molecular flexibility index (Phi) is 3.93. The molecule has 120 valence electrons. The number of hydrogen-bond acceptors (Lipinski definition) is 4. The fourth-order valence-corrected chi connectivity index (χ4v) is 4.19. The predicted molar refractivity (Wildman–Crippen MR) is 93.0 cm³/mol. The first-order valence-electron chi connectivity index (χ1n) is 8.01. The Morgan fingerprint density at radius 1 is 1.39 bits per heavy atom. The van der Waals surface area contributed by atoms with E-state index in [-0.39, 0.29) is 6.10 Å². The smallest absolute Gasteiger partial charge is 0.137 e. The summed E-state index contributed by atoms with van der Waals surface area (Å²) >= 11 is 1.85. The number of hydrogen-bond donors (Lipinski definition) is 0. The minimum Gasteiger partial charge on any atom is -0.372 e. The van der Waals surface area contributed by atoms with Crippen molar-refractivity contribution in [2.75, 3.05) is 20.2 Å². The van der Waals surface area contributed by atoms with Gasteiger partial charge in [0.25, 0.3) is 0 Å². The molecule has 3 aromatic rings. The summed E-state index contributed by atoms with van der Waals surface area (Å²) in [5.41, 5.74) is 4.70. The summed E-state index contributed by atoms with van der Waals surface area (Å²) in [4.78, 5) is 8.51. The number of nitrogens with zero attached hydrogens (tertiary/aromatic N) is 3. The van der Waals surface area contributed by atoms with Gasteiger partial charge in [-0.1, -0.05) is 6.07 Å². The van der Waals surface area contributed by atoms with E-state index in [9.17, 15) is 0 Å². The third-order valence-electron chi connectivity index (χ3n) is 4.43. The predicted octanol–water partition coefficient (Wildman–Crippen LogP) is 3.45. The minimum atomic E-state index is 0.189. The molecule has 0 spiro atoms. The second-order valence-electron chi connectivity index (χ2n) is 6.23. The van der Waals surface area contributed by atoms with Crippen LogP contribution in [0.25, 0.3) is 5.65 Å². The van der Waals surface area contributed by atoms with Crippen LogP contribution in [-0.2, 0) is 17.7 Å². The Bertz CT molecular complexity index is 823. The lowest BCUT2D eigenvalue weighted by Crippen LogP contribution is -2.28. The molecule has 1 aliphatic heterocycles. The van der Waals surface area contributed by atoms with Crippen molar-refractivity contribution < 1.29 is 4.74 Å². The molecule has 0 aliphatic carbocycles. The summed E-state index contributed by atoms with van der Waals surface area (Å²) in [6.45, 7) is 4.67. The fourth-order valence-electron chi connectivity index (χ4n) is 3.27. The molecule has 0 saturated carbocycles. The Morgan fingerprint density at radius 2 is 2.30 bits per heavy atom. The van der Waals surface area contributed by atoms with Gasteiger partial charge in [0, 0.05) is 36.3 Å². The van der Waals surface area contributed by atoms with Gasteiger partial charge in [-0.05, 0) is 43.1 Å². The topological polar surface area (TPSA) is 29.8 Å². The Labute approximate surface area is 140 Å². The van der Waals surface area contributed by atoms with Crippen LogP contribution in [0.5, 0.6) is 0 Å². The van der Waals surface area contributed by atoms with Crippen molar-refractivity contribution >= 4 is 17.0 Å². The van der Waals surface area contributed by atoms with Crippen molar-refractivity contribution in [3.8, 4) is 0 Å². The molecule has 0 fully saturated rings. The monoisotopic (exact) mass is 327 g/mol. The molecule has 0 radical (unpaired) electrons. The van der Waals surface area contributed by atoms with E-state index < -0.39 is 0 Å². The lowest BCUT2D eigenvalue weighted by molar-refractivity contribution is 0.0206. The Morgan fingerprint density at radius 3 is 3.17 bits per heavy atom. The lowest BCUT2D eigenvalue weighted by Gasteiger charge is -2.27. The molecule has 5 heteroatoms. The van der Waals surface area contributed by atoms with Crippen molar-refractivity contribution in [1.29, 1.82) is 0 Å². The van der Waals surface area contributed by atoms with Gasteiger partial charge >= 0.3 is 0 Å². The second kappa shape index (κ2) is 6.07. The van der Waals surface area contributed by atoms with E-state index in [0.29, 0.717) is 0 Å². The summed E-state index contributed by atoms with van der Waals surface area (Å²) in [5, 5.41) is 2.18. The molecule has 3 aromatic heterocycles. The Balaban J connectivity index is 1.48. The molecule has 1 atom stereocenters. The molecule has 23 heavy (non-hydrogen) atoms.